The fraction of sp³-hybridized carbons (Fsp3) is 0.364. The summed E-state index contributed by atoms with van der Waals surface area (Å²) in [6.07, 6.45) is 2.72. The van der Waals surface area contributed by atoms with E-state index in [2.05, 4.69) is 22.4 Å². The lowest BCUT2D eigenvalue weighted by atomic mass is 9.98. The van der Waals surface area contributed by atoms with Crippen LogP contribution in [0.4, 0.5) is 0 Å². The predicted octanol–water partition coefficient (Wildman–Crippen LogP) is 1.90. The summed E-state index contributed by atoms with van der Waals surface area (Å²) in [4.78, 5) is 4.10. The maximum Gasteiger partial charge on any atom is 0.181 e. The highest BCUT2D eigenvalue weighted by atomic mass is 16.3. The molecule has 1 aromatic heterocycles. The standard InChI is InChI=1S/C11H12N2O/c1-2-10-11(14-7-13-10)5-8(1)9-3-4-12-6-9/h1-2,5,7,9,12H,3-4,6H2. The molecule has 1 atom stereocenters. The molecule has 0 amide bonds. The maximum absolute atomic E-state index is 5.29. The number of hydrogen-bond donors (Lipinski definition) is 1. The van der Waals surface area contributed by atoms with Crippen LogP contribution in [0.1, 0.15) is 17.9 Å². The summed E-state index contributed by atoms with van der Waals surface area (Å²) >= 11 is 0. The molecular formula is C11H12N2O. The molecule has 1 unspecified atom stereocenters. The Labute approximate surface area is 82.1 Å². The van der Waals surface area contributed by atoms with Gasteiger partial charge in [-0.3, -0.25) is 0 Å². The molecule has 1 fully saturated rings. The second-order valence-electron chi connectivity index (χ2n) is 3.77. The highest BCUT2D eigenvalue weighted by Crippen LogP contribution is 2.25. The predicted molar refractivity (Wildman–Crippen MR) is 54.2 cm³/mol. The topological polar surface area (TPSA) is 38.1 Å². The first-order valence-corrected chi connectivity index (χ1v) is 4.97. The summed E-state index contributed by atoms with van der Waals surface area (Å²) < 4.78 is 5.29. The molecule has 0 bridgehead atoms. The fourth-order valence-corrected chi connectivity index (χ4v) is 2.06. The van der Waals surface area contributed by atoms with Crippen LogP contribution in [-0.4, -0.2) is 18.1 Å². The van der Waals surface area contributed by atoms with Crippen LogP contribution < -0.4 is 5.32 Å². The van der Waals surface area contributed by atoms with Crippen molar-refractivity contribution in [2.75, 3.05) is 13.1 Å². The second-order valence-corrected chi connectivity index (χ2v) is 3.77. The van der Waals surface area contributed by atoms with Gasteiger partial charge in [0.05, 0.1) is 0 Å². The molecule has 3 nitrogen and oxygen atoms in total. The van der Waals surface area contributed by atoms with Crippen LogP contribution in [0.15, 0.2) is 29.0 Å². The zero-order valence-corrected chi connectivity index (χ0v) is 7.86. The van der Waals surface area contributed by atoms with E-state index < -0.39 is 0 Å². The minimum absolute atomic E-state index is 0.643. The highest BCUT2D eigenvalue weighted by Gasteiger charge is 2.17. The molecule has 0 spiro atoms. The van der Waals surface area contributed by atoms with Crippen molar-refractivity contribution in [3.8, 4) is 0 Å². The van der Waals surface area contributed by atoms with Crippen LogP contribution in [0, 0.1) is 0 Å². The molecule has 72 valence electrons. The van der Waals surface area contributed by atoms with E-state index in [9.17, 15) is 0 Å². The molecule has 1 N–H and O–H groups in total. The minimum atomic E-state index is 0.643. The summed E-state index contributed by atoms with van der Waals surface area (Å²) in [6, 6.07) is 6.30. The van der Waals surface area contributed by atoms with Crippen LogP contribution in [-0.2, 0) is 0 Å². The summed E-state index contributed by atoms with van der Waals surface area (Å²) in [7, 11) is 0. The highest BCUT2D eigenvalue weighted by molar-refractivity contribution is 5.72. The number of benzene rings is 1. The average Bonchev–Trinajstić information content (AvgIpc) is 2.88. The number of oxazole rings is 1. The van der Waals surface area contributed by atoms with Gasteiger partial charge in [0.1, 0.15) is 5.52 Å². The number of fused-ring (bicyclic) bond motifs is 1. The number of aromatic nitrogens is 1. The summed E-state index contributed by atoms with van der Waals surface area (Å²) in [5, 5.41) is 3.37. The zero-order chi connectivity index (χ0) is 9.38. The van der Waals surface area contributed by atoms with Gasteiger partial charge in [-0.05, 0) is 36.6 Å². The first kappa shape index (κ1) is 8.00. The van der Waals surface area contributed by atoms with E-state index in [0.29, 0.717) is 5.92 Å². The molecule has 0 aliphatic carbocycles. The van der Waals surface area contributed by atoms with Crippen LogP contribution in [0.5, 0.6) is 0 Å². The van der Waals surface area contributed by atoms with Crippen LogP contribution in [0.3, 0.4) is 0 Å². The van der Waals surface area contributed by atoms with Gasteiger partial charge in [-0.25, -0.2) is 4.98 Å². The lowest BCUT2D eigenvalue weighted by Crippen LogP contribution is -2.07. The van der Waals surface area contributed by atoms with Crippen molar-refractivity contribution in [3.05, 3.63) is 30.2 Å². The molecular weight excluding hydrogens is 176 g/mol. The Morgan fingerprint density at radius 3 is 3.29 bits per heavy atom. The van der Waals surface area contributed by atoms with E-state index in [1.165, 1.54) is 18.4 Å². The van der Waals surface area contributed by atoms with E-state index >= 15 is 0 Å². The van der Waals surface area contributed by atoms with Crippen molar-refractivity contribution in [1.82, 2.24) is 10.3 Å². The third-order valence-electron chi connectivity index (χ3n) is 2.89. The van der Waals surface area contributed by atoms with E-state index in [4.69, 9.17) is 4.42 Å². The monoisotopic (exact) mass is 188 g/mol. The van der Waals surface area contributed by atoms with Crippen LogP contribution in [0.25, 0.3) is 11.1 Å². The molecule has 3 heteroatoms. The quantitative estimate of drug-likeness (QED) is 0.742. The van der Waals surface area contributed by atoms with Gasteiger partial charge in [-0.2, -0.15) is 0 Å². The van der Waals surface area contributed by atoms with Gasteiger partial charge in [-0.1, -0.05) is 6.07 Å². The fourth-order valence-electron chi connectivity index (χ4n) is 2.06. The van der Waals surface area contributed by atoms with Gasteiger partial charge in [-0.15, -0.1) is 0 Å². The van der Waals surface area contributed by atoms with Gasteiger partial charge in [0.25, 0.3) is 0 Å². The van der Waals surface area contributed by atoms with Crippen molar-refractivity contribution in [2.24, 2.45) is 0 Å². The number of nitrogens with one attached hydrogen (secondary N) is 1. The SMILES string of the molecule is c1nc2ccc(C3CCNC3)cc2o1. The van der Waals surface area contributed by atoms with Gasteiger partial charge >= 0.3 is 0 Å². The second kappa shape index (κ2) is 3.10. The molecule has 14 heavy (non-hydrogen) atoms. The van der Waals surface area contributed by atoms with E-state index in [1.54, 1.807) is 0 Å². The molecule has 1 aliphatic heterocycles. The number of hydrogen-bond acceptors (Lipinski definition) is 3. The third kappa shape index (κ3) is 1.21. The summed E-state index contributed by atoms with van der Waals surface area (Å²) in [5.41, 5.74) is 3.20. The number of rotatable bonds is 1. The van der Waals surface area contributed by atoms with E-state index in [0.717, 1.165) is 24.2 Å². The molecule has 2 aromatic rings. The molecule has 1 aliphatic rings. The molecule has 1 saturated heterocycles. The van der Waals surface area contributed by atoms with E-state index in [1.807, 2.05) is 6.07 Å². The first-order valence-electron chi connectivity index (χ1n) is 4.97. The zero-order valence-electron chi connectivity index (χ0n) is 7.86. The molecule has 0 saturated carbocycles. The largest absolute Gasteiger partial charge is 0.443 e. The van der Waals surface area contributed by atoms with Gasteiger partial charge in [0, 0.05) is 6.54 Å². The summed E-state index contributed by atoms with van der Waals surface area (Å²) in [5.74, 6) is 0.643. The average molecular weight is 188 g/mol. The Kier molecular flexibility index (Phi) is 1.77. The van der Waals surface area contributed by atoms with Crippen molar-refractivity contribution in [1.29, 1.82) is 0 Å². The Hall–Kier alpha value is -1.35. The van der Waals surface area contributed by atoms with Crippen molar-refractivity contribution >= 4 is 11.1 Å². The van der Waals surface area contributed by atoms with Crippen LogP contribution in [0.2, 0.25) is 0 Å². The minimum Gasteiger partial charge on any atom is -0.443 e. The smallest absolute Gasteiger partial charge is 0.181 e. The van der Waals surface area contributed by atoms with Crippen molar-refractivity contribution in [3.63, 3.8) is 0 Å². The Morgan fingerprint density at radius 1 is 1.43 bits per heavy atom. The number of nitrogens with zero attached hydrogens (tertiary/aromatic N) is 1. The van der Waals surface area contributed by atoms with Crippen molar-refractivity contribution < 1.29 is 4.42 Å². The lowest BCUT2D eigenvalue weighted by molar-refractivity contribution is 0.601. The van der Waals surface area contributed by atoms with E-state index in [-0.39, 0.29) is 0 Å². The normalized spacial score (nSPS) is 21.9. The summed E-state index contributed by atoms with van der Waals surface area (Å²) in [6.45, 7) is 2.21. The Bertz CT molecular complexity index is 443. The Morgan fingerprint density at radius 2 is 2.43 bits per heavy atom. The van der Waals surface area contributed by atoms with Crippen molar-refractivity contribution in [2.45, 2.75) is 12.3 Å². The third-order valence-corrected chi connectivity index (χ3v) is 2.89. The molecule has 2 heterocycles. The molecule has 3 rings (SSSR count). The molecule has 0 radical (unpaired) electrons. The first-order chi connectivity index (χ1) is 6.93. The van der Waals surface area contributed by atoms with Crippen LogP contribution >= 0.6 is 0 Å². The maximum atomic E-state index is 5.29. The van der Waals surface area contributed by atoms with Gasteiger partial charge < -0.3 is 9.73 Å². The molecule has 1 aromatic carbocycles. The lowest BCUT2D eigenvalue weighted by Gasteiger charge is -2.07. The van der Waals surface area contributed by atoms with Gasteiger partial charge in [0.15, 0.2) is 12.0 Å². The Balaban J connectivity index is 2.04. The van der Waals surface area contributed by atoms with Gasteiger partial charge in [0.2, 0.25) is 0 Å².